The average molecular weight is 267 g/mol. The number of benzene rings is 2. The van der Waals surface area contributed by atoms with Gasteiger partial charge in [-0.15, -0.1) is 0 Å². The highest BCUT2D eigenvalue weighted by Crippen LogP contribution is 2.19. The number of carbonyl (C=O) groups excluding carboxylic acids is 1. The zero-order valence-electron chi connectivity index (χ0n) is 12.1. The maximum absolute atomic E-state index is 12.0. The molecule has 2 aromatic carbocycles. The van der Waals surface area contributed by atoms with Crippen molar-refractivity contribution in [3.8, 4) is 0 Å². The Bertz CT molecular complexity index is 546. The van der Waals surface area contributed by atoms with Crippen LogP contribution >= 0.6 is 0 Å². The molecule has 2 rings (SSSR count). The van der Waals surface area contributed by atoms with Crippen LogP contribution in [0.15, 0.2) is 60.7 Å². The molecule has 20 heavy (non-hydrogen) atoms. The van der Waals surface area contributed by atoms with Crippen LogP contribution < -0.4 is 5.32 Å². The molecule has 0 saturated carbocycles. The van der Waals surface area contributed by atoms with Gasteiger partial charge in [-0.1, -0.05) is 60.7 Å². The molecule has 104 valence electrons. The monoisotopic (exact) mass is 267 g/mol. The van der Waals surface area contributed by atoms with Crippen molar-refractivity contribution >= 4 is 5.78 Å². The molecule has 0 aliphatic heterocycles. The first kappa shape index (κ1) is 14.5. The van der Waals surface area contributed by atoms with Gasteiger partial charge in [0.1, 0.15) is 0 Å². The maximum Gasteiger partial charge on any atom is 0.164 e. The summed E-state index contributed by atoms with van der Waals surface area (Å²) in [6.07, 6.45) is 0.514. The van der Waals surface area contributed by atoms with Crippen molar-refractivity contribution in [3.63, 3.8) is 0 Å². The highest BCUT2D eigenvalue weighted by atomic mass is 16.1. The predicted molar refractivity (Wildman–Crippen MR) is 82.9 cm³/mol. The van der Waals surface area contributed by atoms with Crippen molar-refractivity contribution in [1.29, 1.82) is 0 Å². The summed E-state index contributed by atoms with van der Waals surface area (Å²) < 4.78 is 0. The van der Waals surface area contributed by atoms with Crippen molar-refractivity contribution < 1.29 is 4.79 Å². The van der Waals surface area contributed by atoms with Gasteiger partial charge in [0.2, 0.25) is 0 Å². The number of carbonyl (C=O) groups is 1. The van der Waals surface area contributed by atoms with E-state index in [1.165, 1.54) is 5.56 Å². The molecule has 1 N–H and O–H groups in total. The van der Waals surface area contributed by atoms with Gasteiger partial charge in [0, 0.05) is 24.1 Å². The molecular weight excluding hydrogens is 246 g/mol. The number of Topliss-reactive ketones (excluding diaryl/α,β-unsaturated/α-hetero) is 1. The van der Waals surface area contributed by atoms with Gasteiger partial charge in [0.15, 0.2) is 5.78 Å². The van der Waals surface area contributed by atoms with Gasteiger partial charge in [-0.05, 0) is 19.4 Å². The van der Waals surface area contributed by atoms with E-state index in [-0.39, 0.29) is 11.3 Å². The fourth-order valence-electron chi connectivity index (χ4n) is 2.21. The third-order valence-electron chi connectivity index (χ3n) is 3.51. The molecule has 0 aliphatic rings. The van der Waals surface area contributed by atoms with E-state index in [9.17, 15) is 4.79 Å². The Morgan fingerprint density at radius 3 is 2.10 bits per heavy atom. The first-order chi connectivity index (χ1) is 9.59. The van der Waals surface area contributed by atoms with Crippen molar-refractivity contribution in [2.75, 3.05) is 6.54 Å². The Kier molecular flexibility index (Phi) is 4.70. The molecule has 0 bridgehead atoms. The Hall–Kier alpha value is -1.93. The van der Waals surface area contributed by atoms with Crippen LogP contribution in [0.3, 0.4) is 0 Å². The smallest absolute Gasteiger partial charge is 0.164 e. The van der Waals surface area contributed by atoms with E-state index in [1.807, 2.05) is 48.5 Å². The third kappa shape index (κ3) is 3.78. The van der Waals surface area contributed by atoms with Crippen molar-refractivity contribution in [2.45, 2.75) is 25.8 Å². The predicted octanol–water partition coefficient (Wildman–Crippen LogP) is 3.78. The number of ketones is 1. The summed E-state index contributed by atoms with van der Waals surface area (Å²) in [7, 11) is 0. The molecule has 0 aromatic heterocycles. The average Bonchev–Trinajstić information content (AvgIpc) is 2.49. The molecular formula is C18H21NO. The minimum atomic E-state index is -0.127. The molecule has 2 heteroatoms. The van der Waals surface area contributed by atoms with E-state index >= 15 is 0 Å². The van der Waals surface area contributed by atoms with E-state index in [2.05, 4.69) is 31.3 Å². The molecule has 0 amide bonds. The molecule has 0 aliphatic carbocycles. The van der Waals surface area contributed by atoms with Gasteiger partial charge >= 0.3 is 0 Å². The van der Waals surface area contributed by atoms with Crippen LogP contribution in [0.25, 0.3) is 0 Å². The minimum absolute atomic E-state index is 0.127. The lowest BCUT2D eigenvalue weighted by molar-refractivity contribution is 0.0980. The standard InChI is InChI=1S/C18H21NO/c1-18(2,16-11-7-4-8-12-16)19-14-13-17(20)15-9-5-3-6-10-15/h3-12,19H,13-14H2,1-2H3. The quantitative estimate of drug-likeness (QED) is 0.807. The number of nitrogens with one attached hydrogen (secondary N) is 1. The van der Waals surface area contributed by atoms with E-state index in [1.54, 1.807) is 0 Å². The summed E-state index contributed by atoms with van der Waals surface area (Å²) >= 11 is 0. The van der Waals surface area contributed by atoms with Gasteiger partial charge in [0.05, 0.1) is 0 Å². The molecule has 2 aromatic rings. The Balaban J connectivity index is 1.88. The van der Waals surface area contributed by atoms with Crippen LogP contribution in [0.5, 0.6) is 0 Å². The van der Waals surface area contributed by atoms with Gasteiger partial charge in [-0.3, -0.25) is 4.79 Å². The summed E-state index contributed by atoms with van der Waals surface area (Å²) in [4.78, 5) is 12.0. The highest BCUT2D eigenvalue weighted by molar-refractivity contribution is 5.96. The Morgan fingerprint density at radius 1 is 0.950 bits per heavy atom. The van der Waals surface area contributed by atoms with Crippen LogP contribution in [0.2, 0.25) is 0 Å². The van der Waals surface area contributed by atoms with Crippen molar-refractivity contribution in [3.05, 3.63) is 71.8 Å². The van der Waals surface area contributed by atoms with Gasteiger partial charge in [-0.2, -0.15) is 0 Å². The third-order valence-corrected chi connectivity index (χ3v) is 3.51. The maximum atomic E-state index is 12.0. The largest absolute Gasteiger partial charge is 0.307 e. The zero-order chi connectivity index (χ0) is 14.4. The molecule has 0 atom stereocenters. The van der Waals surface area contributed by atoms with E-state index < -0.39 is 0 Å². The fourth-order valence-corrected chi connectivity index (χ4v) is 2.21. The SMILES string of the molecule is CC(C)(NCCC(=O)c1ccccc1)c1ccccc1. The Morgan fingerprint density at radius 2 is 1.50 bits per heavy atom. The normalized spacial score (nSPS) is 11.3. The van der Waals surface area contributed by atoms with E-state index in [0.29, 0.717) is 13.0 Å². The summed E-state index contributed by atoms with van der Waals surface area (Å²) in [5.74, 6) is 0.182. The molecule has 0 heterocycles. The first-order valence-corrected chi connectivity index (χ1v) is 6.98. The molecule has 0 radical (unpaired) electrons. The van der Waals surface area contributed by atoms with Gasteiger partial charge in [0.25, 0.3) is 0 Å². The summed E-state index contributed by atoms with van der Waals surface area (Å²) in [5.41, 5.74) is 1.89. The second-order valence-electron chi connectivity index (χ2n) is 5.46. The van der Waals surface area contributed by atoms with Gasteiger partial charge < -0.3 is 5.32 Å². The van der Waals surface area contributed by atoms with Crippen LogP contribution in [-0.2, 0) is 5.54 Å². The molecule has 0 spiro atoms. The second kappa shape index (κ2) is 6.49. The topological polar surface area (TPSA) is 29.1 Å². The Labute approximate surface area is 120 Å². The first-order valence-electron chi connectivity index (χ1n) is 6.98. The highest BCUT2D eigenvalue weighted by Gasteiger charge is 2.19. The van der Waals surface area contributed by atoms with Crippen LogP contribution in [0.1, 0.15) is 36.2 Å². The van der Waals surface area contributed by atoms with E-state index in [4.69, 9.17) is 0 Å². The number of rotatable bonds is 6. The number of hydrogen-bond acceptors (Lipinski definition) is 2. The molecule has 0 saturated heterocycles. The summed E-state index contributed by atoms with van der Waals surface area (Å²) in [6.45, 7) is 4.94. The molecule has 2 nitrogen and oxygen atoms in total. The van der Waals surface area contributed by atoms with Gasteiger partial charge in [-0.25, -0.2) is 0 Å². The van der Waals surface area contributed by atoms with Crippen LogP contribution in [-0.4, -0.2) is 12.3 Å². The summed E-state index contributed by atoms with van der Waals surface area (Å²) in [5, 5.41) is 3.46. The minimum Gasteiger partial charge on any atom is -0.307 e. The lowest BCUT2D eigenvalue weighted by Crippen LogP contribution is -2.37. The lowest BCUT2D eigenvalue weighted by atomic mass is 9.94. The van der Waals surface area contributed by atoms with E-state index in [0.717, 1.165) is 5.56 Å². The van der Waals surface area contributed by atoms with Crippen molar-refractivity contribution in [2.24, 2.45) is 0 Å². The fraction of sp³-hybridized carbons (Fsp3) is 0.278. The molecule has 0 unspecified atom stereocenters. The lowest BCUT2D eigenvalue weighted by Gasteiger charge is -2.27. The second-order valence-corrected chi connectivity index (χ2v) is 5.46. The molecule has 0 fully saturated rings. The number of hydrogen-bond donors (Lipinski definition) is 1. The van der Waals surface area contributed by atoms with Crippen LogP contribution in [0, 0.1) is 0 Å². The summed E-state index contributed by atoms with van der Waals surface area (Å²) in [6, 6.07) is 19.7. The zero-order valence-corrected chi connectivity index (χ0v) is 12.1. The van der Waals surface area contributed by atoms with Crippen molar-refractivity contribution in [1.82, 2.24) is 5.32 Å². The van der Waals surface area contributed by atoms with Crippen LogP contribution in [0.4, 0.5) is 0 Å².